The van der Waals surface area contributed by atoms with Crippen molar-refractivity contribution in [3.05, 3.63) is 66.3 Å². The van der Waals surface area contributed by atoms with Crippen molar-refractivity contribution in [2.75, 3.05) is 13.1 Å². The average Bonchev–Trinajstić information content (AvgIpc) is 3.26. The highest BCUT2D eigenvalue weighted by atomic mass is 35.5. The molecule has 164 valence electrons. The number of aryl methyl sites for hydroxylation is 1. The SMILES string of the molecule is Cl.O=C(CCCc1nc(-c2cccnc2)no1)N[C@]1(c2ccccc2)CCNC[C@H]1O. The molecular weight excluding hydrogens is 418 g/mol. The summed E-state index contributed by atoms with van der Waals surface area (Å²) in [7, 11) is 0. The molecule has 0 unspecified atom stereocenters. The van der Waals surface area contributed by atoms with Gasteiger partial charge in [0, 0.05) is 37.3 Å². The Hall–Kier alpha value is -2.81. The van der Waals surface area contributed by atoms with Crippen LogP contribution in [0.1, 0.15) is 30.7 Å². The molecule has 1 amide bonds. The monoisotopic (exact) mass is 443 g/mol. The fourth-order valence-corrected chi connectivity index (χ4v) is 3.84. The van der Waals surface area contributed by atoms with Crippen molar-refractivity contribution >= 4 is 18.3 Å². The molecule has 9 heteroatoms. The zero-order valence-electron chi connectivity index (χ0n) is 17.0. The summed E-state index contributed by atoms with van der Waals surface area (Å²) < 4.78 is 5.29. The standard InChI is InChI=1S/C22H25N5O3.ClH/c28-18-15-24-13-11-22(18,17-7-2-1-3-8-17)26-19(29)9-4-10-20-25-21(27-30-20)16-6-5-12-23-14-16;/h1-3,5-8,12,14,18,24,28H,4,9-11,13,15H2,(H,26,29);1H/t18-,22+;/m1./s1. The number of piperidine rings is 1. The van der Waals surface area contributed by atoms with Crippen molar-refractivity contribution in [2.24, 2.45) is 0 Å². The Bertz CT molecular complexity index is 970. The third-order valence-electron chi connectivity index (χ3n) is 5.44. The fourth-order valence-electron chi connectivity index (χ4n) is 3.84. The first-order valence-electron chi connectivity index (χ1n) is 10.2. The van der Waals surface area contributed by atoms with Crippen molar-refractivity contribution in [2.45, 2.75) is 37.3 Å². The van der Waals surface area contributed by atoms with Crippen LogP contribution in [-0.2, 0) is 16.8 Å². The molecular formula is C22H26ClN5O3. The fraction of sp³-hybridized carbons (Fsp3) is 0.364. The summed E-state index contributed by atoms with van der Waals surface area (Å²) in [5.41, 5.74) is 0.932. The maximum Gasteiger partial charge on any atom is 0.226 e. The van der Waals surface area contributed by atoms with E-state index in [0.29, 0.717) is 43.9 Å². The van der Waals surface area contributed by atoms with Crippen molar-refractivity contribution in [1.29, 1.82) is 0 Å². The quantitative estimate of drug-likeness (QED) is 0.513. The number of benzene rings is 1. The number of hydrogen-bond acceptors (Lipinski definition) is 7. The highest BCUT2D eigenvalue weighted by molar-refractivity contribution is 5.85. The summed E-state index contributed by atoms with van der Waals surface area (Å²) in [6, 6.07) is 13.4. The van der Waals surface area contributed by atoms with Crippen LogP contribution in [0.15, 0.2) is 59.4 Å². The van der Waals surface area contributed by atoms with Crippen LogP contribution in [0.25, 0.3) is 11.4 Å². The number of aliphatic hydroxyl groups is 1. The lowest BCUT2D eigenvalue weighted by Crippen LogP contribution is -2.61. The molecule has 3 heterocycles. The molecule has 8 nitrogen and oxygen atoms in total. The highest BCUT2D eigenvalue weighted by Crippen LogP contribution is 2.31. The third-order valence-corrected chi connectivity index (χ3v) is 5.44. The molecule has 2 aromatic heterocycles. The van der Waals surface area contributed by atoms with Crippen molar-refractivity contribution in [3.63, 3.8) is 0 Å². The number of nitrogens with zero attached hydrogens (tertiary/aromatic N) is 3. The molecule has 3 N–H and O–H groups in total. The minimum atomic E-state index is -0.776. The van der Waals surface area contributed by atoms with Crippen molar-refractivity contribution < 1.29 is 14.4 Å². The van der Waals surface area contributed by atoms with E-state index in [1.807, 2.05) is 42.5 Å². The maximum absolute atomic E-state index is 12.7. The number of aromatic nitrogens is 3. The van der Waals surface area contributed by atoms with E-state index in [9.17, 15) is 9.90 Å². The van der Waals surface area contributed by atoms with E-state index in [1.54, 1.807) is 12.4 Å². The number of carbonyl (C=O) groups excluding carboxylic acids is 1. The van der Waals surface area contributed by atoms with Crippen LogP contribution in [0.4, 0.5) is 0 Å². The van der Waals surface area contributed by atoms with Crippen LogP contribution in [0.3, 0.4) is 0 Å². The van der Waals surface area contributed by atoms with E-state index in [1.165, 1.54) is 0 Å². The molecule has 2 atom stereocenters. The molecule has 3 aromatic rings. The first-order valence-corrected chi connectivity index (χ1v) is 10.2. The summed E-state index contributed by atoms with van der Waals surface area (Å²) in [4.78, 5) is 21.2. The number of amides is 1. The summed E-state index contributed by atoms with van der Waals surface area (Å²) in [5, 5.41) is 21.0. The lowest BCUT2D eigenvalue weighted by molar-refractivity contribution is -0.125. The van der Waals surface area contributed by atoms with Gasteiger partial charge in [0.15, 0.2) is 0 Å². The molecule has 31 heavy (non-hydrogen) atoms. The van der Waals surface area contributed by atoms with Gasteiger partial charge >= 0.3 is 0 Å². The van der Waals surface area contributed by atoms with E-state index >= 15 is 0 Å². The van der Waals surface area contributed by atoms with Gasteiger partial charge in [0.25, 0.3) is 0 Å². The number of carbonyl (C=O) groups is 1. The molecule has 1 fully saturated rings. The van der Waals surface area contributed by atoms with Gasteiger partial charge in [-0.05, 0) is 37.1 Å². The molecule has 0 saturated carbocycles. The smallest absolute Gasteiger partial charge is 0.226 e. The lowest BCUT2D eigenvalue weighted by atomic mass is 9.79. The summed E-state index contributed by atoms with van der Waals surface area (Å²) >= 11 is 0. The zero-order chi connectivity index (χ0) is 20.8. The van der Waals surface area contributed by atoms with Crippen LogP contribution < -0.4 is 10.6 Å². The van der Waals surface area contributed by atoms with E-state index in [0.717, 1.165) is 17.7 Å². The number of hydrogen-bond donors (Lipinski definition) is 3. The van der Waals surface area contributed by atoms with Gasteiger partial charge in [0.2, 0.25) is 17.6 Å². The molecule has 0 spiro atoms. The minimum Gasteiger partial charge on any atom is -0.389 e. The minimum absolute atomic E-state index is 0. The van der Waals surface area contributed by atoms with Crippen molar-refractivity contribution in [3.8, 4) is 11.4 Å². The van der Waals surface area contributed by atoms with Gasteiger partial charge in [-0.1, -0.05) is 35.5 Å². The molecule has 4 rings (SSSR count). The van der Waals surface area contributed by atoms with E-state index in [-0.39, 0.29) is 18.3 Å². The first kappa shape index (κ1) is 22.9. The Morgan fingerprint density at radius 1 is 1.26 bits per heavy atom. The second kappa shape index (κ2) is 10.5. The summed E-state index contributed by atoms with van der Waals surface area (Å²) in [6.45, 7) is 1.17. The largest absolute Gasteiger partial charge is 0.389 e. The van der Waals surface area contributed by atoms with Gasteiger partial charge in [-0.2, -0.15) is 4.98 Å². The molecule has 0 aliphatic carbocycles. The lowest BCUT2D eigenvalue weighted by Gasteiger charge is -2.43. The summed E-state index contributed by atoms with van der Waals surface area (Å²) in [5.74, 6) is 0.872. The highest BCUT2D eigenvalue weighted by Gasteiger charge is 2.42. The van der Waals surface area contributed by atoms with Crippen LogP contribution in [0.5, 0.6) is 0 Å². The van der Waals surface area contributed by atoms with Crippen LogP contribution in [-0.4, -0.2) is 45.3 Å². The Labute approximate surface area is 186 Å². The van der Waals surface area contributed by atoms with Gasteiger partial charge in [-0.25, -0.2) is 0 Å². The molecule has 1 aliphatic rings. The number of rotatable bonds is 7. The maximum atomic E-state index is 12.7. The molecule has 1 saturated heterocycles. The first-order chi connectivity index (χ1) is 14.7. The van der Waals surface area contributed by atoms with Gasteiger partial charge in [-0.15, -0.1) is 12.4 Å². The number of aliphatic hydroxyl groups excluding tert-OH is 1. The Balaban J connectivity index is 0.00000272. The molecule has 0 bridgehead atoms. The van der Waals surface area contributed by atoms with Crippen molar-refractivity contribution in [1.82, 2.24) is 25.8 Å². The second-order valence-corrected chi connectivity index (χ2v) is 7.46. The third kappa shape index (κ3) is 5.28. The predicted octanol–water partition coefficient (Wildman–Crippen LogP) is 2.24. The number of halogens is 1. The Morgan fingerprint density at radius 2 is 2.10 bits per heavy atom. The normalized spacial score (nSPS) is 20.6. The molecule has 0 radical (unpaired) electrons. The van der Waals surface area contributed by atoms with E-state index < -0.39 is 11.6 Å². The van der Waals surface area contributed by atoms with Gasteiger partial charge in [0.1, 0.15) is 0 Å². The van der Waals surface area contributed by atoms with Crippen LogP contribution in [0.2, 0.25) is 0 Å². The second-order valence-electron chi connectivity index (χ2n) is 7.46. The van der Waals surface area contributed by atoms with Gasteiger partial charge in [0.05, 0.1) is 11.6 Å². The molecule has 1 aromatic carbocycles. The van der Waals surface area contributed by atoms with E-state index in [2.05, 4.69) is 25.8 Å². The average molecular weight is 444 g/mol. The van der Waals surface area contributed by atoms with Gasteiger partial charge in [-0.3, -0.25) is 9.78 Å². The Morgan fingerprint density at radius 3 is 2.84 bits per heavy atom. The predicted molar refractivity (Wildman–Crippen MR) is 117 cm³/mol. The van der Waals surface area contributed by atoms with Gasteiger partial charge < -0.3 is 20.3 Å². The number of β-amino-alcohol motifs (C(OH)–C–C–N with tert-alkyl or cyclic N) is 1. The van der Waals surface area contributed by atoms with E-state index in [4.69, 9.17) is 4.52 Å². The molecule has 1 aliphatic heterocycles. The summed E-state index contributed by atoms with van der Waals surface area (Å²) in [6.07, 6.45) is 4.67. The zero-order valence-corrected chi connectivity index (χ0v) is 17.8. The number of pyridine rings is 1. The number of nitrogens with one attached hydrogen (secondary N) is 2. The Kier molecular flexibility index (Phi) is 7.73. The van der Waals surface area contributed by atoms with Crippen LogP contribution >= 0.6 is 12.4 Å². The topological polar surface area (TPSA) is 113 Å². The van der Waals surface area contributed by atoms with Crippen LogP contribution in [0, 0.1) is 0 Å².